The monoisotopic (exact) mass is 315 g/mol. The predicted octanol–water partition coefficient (Wildman–Crippen LogP) is 2.94. The lowest BCUT2D eigenvalue weighted by atomic mass is 9.95. The molecule has 0 amide bonds. The zero-order valence-corrected chi connectivity index (χ0v) is 13.2. The van der Waals surface area contributed by atoms with E-state index in [1.165, 1.54) is 0 Å². The second kappa shape index (κ2) is 7.24. The third-order valence-electron chi connectivity index (χ3n) is 3.94. The lowest BCUT2D eigenvalue weighted by molar-refractivity contribution is 0.173. The molecule has 5 heteroatoms. The minimum Gasteiger partial charge on any atom is -0.496 e. The summed E-state index contributed by atoms with van der Waals surface area (Å²) in [6.07, 6.45) is 0.811. The van der Waals surface area contributed by atoms with E-state index in [-0.39, 0.29) is 12.7 Å². The molecule has 1 unspecified atom stereocenters. The summed E-state index contributed by atoms with van der Waals surface area (Å²) in [5.41, 5.74) is 7.05. The standard InChI is InChI=1S/C18H21NO4/c1-20-16-5-3-2-4-15(16)13(11-19)8-9-21-14-6-7-17-18(10-14)23-12-22-17/h2-7,10,13H,8-9,11-12,19H2,1H3. The highest BCUT2D eigenvalue weighted by atomic mass is 16.7. The zero-order valence-electron chi connectivity index (χ0n) is 13.2. The van der Waals surface area contributed by atoms with Crippen LogP contribution in [0.25, 0.3) is 0 Å². The topological polar surface area (TPSA) is 62.9 Å². The Labute approximate surface area is 135 Å². The van der Waals surface area contributed by atoms with Crippen LogP contribution in [0, 0.1) is 0 Å². The maximum atomic E-state index is 5.93. The molecule has 1 heterocycles. The fraction of sp³-hybridized carbons (Fsp3) is 0.333. The molecule has 1 aliphatic heterocycles. The lowest BCUT2D eigenvalue weighted by Crippen LogP contribution is -2.16. The first-order valence-electron chi connectivity index (χ1n) is 7.67. The van der Waals surface area contributed by atoms with Crippen LogP contribution in [0.15, 0.2) is 42.5 Å². The first-order chi connectivity index (χ1) is 11.3. The number of rotatable bonds is 7. The van der Waals surface area contributed by atoms with Crippen LogP contribution in [-0.2, 0) is 0 Å². The summed E-state index contributed by atoms with van der Waals surface area (Å²) >= 11 is 0. The minimum atomic E-state index is 0.195. The van der Waals surface area contributed by atoms with Crippen molar-refractivity contribution in [2.45, 2.75) is 12.3 Å². The minimum absolute atomic E-state index is 0.195. The van der Waals surface area contributed by atoms with E-state index < -0.39 is 0 Å². The summed E-state index contributed by atoms with van der Waals surface area (Å²) in [5, 5.41) is 0. The maximum Gasteiger partial charge on any atom is 0.231 e. The Balaban J connectivity index is 1.60. The molecule has 2 aromatic rings. The zero-order chi connectivity index (χ0) is 16.1. The van der Waals surface area contributed by atoms with Gasteiger partial charge in [-0.25, -0.2) is 0 Å². The quantitative estimate of drug-likeness (QED) is 0.851. The van der Waals surface area contributed by atoms with Crippen molar-refractivity contribution in [2.24, 2.45) is 5.73 Å². The fourth-order valence-electron chi connectivity index (χ4n) is 2.69. The van der Waals surface area contributed by atoms with Crippen molar-refractivity contribution in [3.8, 4) is 23.0 Å². The predicted molar refractivity (Wildman–Crippen MR) is 87.5 cm³/mol. The van der Waals surface area contributed by atoms with E-state index in [4.69, 9.17) is 24.7 Å². The summed E-state index contributed by atoms with van der Waals surface area (Å²) in [4.78, 5) is 0. The van der Waals surface area contributed by atoms with Crippen LogP contribution in [0.5, 0.6) is 23.0 Å². The largest absolute Gasteiger partial charge is 0.496 e. The van der Waals surface area contributed by atoms with E-state index >= 15 is 0 Å². The number of fused-ring (bicyclic) bond motifs is 1. The van der Waals surface area contributed by atoms with Crippen LogP contribution >= 0.6 is 0 Å². The van der Waals surface area contributed by atoms with Crippen LogP contribution in [0.4, 0.5) is 0 Å². The average molecular weight is 315 g/mol. The Kier molecular flexibility index (Phi) is 4.88. The van der Waals surface area contributed by atoms with Gasteiger partial charge in [0.1, 0.15) is 11.5 Å². The van der Waals surface area contributed by atoms with E-state index in [9.17, 15) is 0 Å². The molecule has 0 aliphatic carbocycles. The number of hydrogen-bond acceptors (Lipinski definition) is 5. The van der Waals surface area contributed by atoms with E-state index in [1.807, 2.05) is 36.4 Å². The van der Waals surface area contributed by atoms with Crippen molar-refractivity contribution < 1.29 is 18.9 Å². The van der Waals surface area contributed by atoms with Crippen molar-refractivity contribution >= 4 is 0 Å². The number of benzene rings is 2. The number of hydrogen-bond donors (Lipinski definition) is 1. The van der Waals surface area contributed by atoms with Gasteiger partial charge in [0.2, 0.25) is 6.79 Å². The third-order valence-corrected chi connectivity index (χ3v) is 3.94. The van der Waals surface area contributed by atoms with Crippen LogP contribution in [0.1, 0.15) is 17.9 Å². The van der Waals surface area contributed by atoms with Gasteiger partial charge >= 0.3 is 0 Å². The Morgan fingerprint density at radius 3 is 2.78 bits per heavy atom. The molecule has 2 aromatic carbocycles. The van der Waals surface area contributed by atoms with Gasteiger partial charge in [0, 0.05) is 12.0 Å². The summed E-state index contributed by atoms with van der Waals surface area (Å²) in [5.74, 6) is 3.31. The number of ether oxygens (including phenoxy) is 4. The summed E-state index contributed by atoms with van der Waals surface area (Å²) < 4.78 is 21.9. The van der Waals surface area contributed by atoms with E-state index in [0.29, 0.717) is 13.2 Å². The van der Waals surface area contributed by atoms with Gasteiger partial charge < -0.3 is 24.7 Å². The molecule has 0 saturated heterocycles. The van der Waals surface area contributed by atoms with E-state index in [2.05, 4.69) is 6.07 Å². The van der Waals surface area contributed by atoms with Gasteiger partial charge in [-0.2, -0.15) is 0 Å². The molecule has 2 N–H and O–H groups in total. The molecule has 3 rings (SSSR count). The van der Waals surface area contributed by atoms with Crippen LogP contribution in [0.3, 0.4) is 0 Å². The van der Waals surface area contributed by atoms with Crippen molar-refractivity contribution in [1.82, 2.24) is 0 Å². The maximum absolute atomic E-state index is 5.93. The Bertz CT molecular complexity index is 659. The highest BCUT2D eigenvalue weighted by Gasteiger charge is 2.16. The molecule has 0 fully saturated rings. The van der Waals surface area contributed by atoms with Crippen LogP contribution < -0.4 is 24.7 Å². The molecule has 5 nitrogen and oxygen atoms in total. The van der Waals surface area contributed by atoms with Crippen molar-refractivity contribution in [2.75, 3.05) is 27.1 Å². The Morgan fingerprint density at radius 1 is 1.13 bits per heavy atom. The van der Waals surface area contributed by atoms with Crippen LogP contribution in [-0.4, -0.2) is 27.1 Å². The van der Waals surface area contributed by atoms with Crippen LogP contribution in [0.2, 0.25) is 0 Å². The molecule has 0 bridgehead atoms. The van der Waals surface area contributed by atoms with Gasteiger partial charge in [-0.05, 0) is 36.7 Å². The first-order valence-corrected chi connectivity index (χ1v) is 7.67. The SMILES string of the molecule is COc1ccccc1C(CN)CCOc1ccc2c(c1)OCO2. The van der Waals surface area contributed by atoms with E-state index in [0.717, 1.165) is 35.0 Å². The molecule has 1 atom stereocenters. The molecular formula is C18H21NO4. The number of para-hydroxylation sites is 1. The lowest BCUT2D eigenvalue weighted by Gasteiger charge is -2.18. The fourth-order valence-corrected chi connectivity index (χ4v) is 2.69. The molecule has 122 valence electrons. The Hall–Kier alpha value is -2.40. The average Bonchev–Trinajstić information content (AvgIpc) is 3.06. The van der Waals surface area contributed by atoms with Crippen molar-refractivity contribution in [3.63, 3.8) is 0 Å². The molecule has 23 heavy (non-hydrogen) atoms. The molecule has 0 saturated carbocycles. The van der Waals surface area contributed by atoms with E-state index in [1.54, 1.807) is 7.11 Å². The number of methoxy groups -OCH3 is 1. The van der Waals surface area contributed by atoms with Gasteiger partial charge in [0.05, 0.1) is 13.7 Å². The normalized spacial score (nSPS) is 13.7. The molecular weight excluding hydrogens is 294 g/mol. The summed E-state index contributed by atoms with van der Waals surface area (Å²) in [6, 6.07) is 13.6. The first kappa shape index (κ1) is 15.5. The second-order valence-corrected chi connectivity index (χ2v) is 5.33. The smallest absolute Gasteiger partial charge is 0.231 e. The Morgan fingerprint density at radius 2 is 1.96 bits per heavy atom. The van der Waals surface area contributed by atoms with Gasteiger partial charge in [0.15, 0.2) is 11.5 Å². The third kappa shape index (κ3) is 3.51. The number of nitrogens with two attached hydrogens (primary N) is 1. The molecule has 0 spiro atoms. The van der Waals surface area contributed by atoms with Crippen molar-refractivity contribution in [1.29, 1.82) is 0 Å². The van der Waals surface area contributed by atoms with Gasteiger partial charge in [-0.3, -0.25) is 0 Å². The summed E-state index contributed by atoms with van der Waals surface area (Å²) in [7, 11) is 1.68. The second-order valence-electron chi connectivity index (χ2n) is 5.33. The molecule has 1 aliphatic rings. The van der Waals surface area contributed by atoms with Gasteiger partial charge in [-0.1, -0.05) is 18.2 Å². The molecule has 0 aromatic heterocycles. The molecule has 0 radical (unpaired) electrons. The van der Waals surface area contributed by atoms with Gasteiger partial charge in [-0.15, -0.1) is 0 Å². The highest BCUT2D eigenvalue weighted by molar-refractivity contribution is 5.46. The van der Waals surface area contributed by atoms with Gasteiger partial charge in [0.25, 0.3) is 0 Å². The summed E-state index contributed by atoms with van der Waals surface area (Å²) in [6.45, 7) is 1.38. The van der Waals surface area contributed by atoms with Crippen molar-refractivity contribution in [3.05, 3.63) is 48.0 Å². The highest BCUT2D eigenvalue weighted by Crippen LogP contribution is 2.35.